The van der Waals surface area contributed by atoms with E-state index in [0.29, 0.717) is 5.56 Å². The fraction of sp³-hybridized carbons (Fsp3) is 0.200. The van der Waals surface area contributed by atoms with Crippen molar-refractivity contribution in [2.45, 2.75) is 18.9 Å². The zero-order valence-corrected chi connectivity index (χ0v) is 9.74. The summed E-state index contributed by atoms with van der Waals surface area (Å²) in [6.45, 7) is 0. The molecule has 92 valence electrons. The Morgan fingerprint density at radius 3 is 2.44 bits per heavy atom. The van der Waals surface area contributed by atoms with Crippen LogP contribution < -0.4 is 5.73 Å². The highest BCUT2D eigenvalue weighted by Crippen LogP contribution is 2.37. The highest BCUT2D eigenvalue weighted by atomic mass is 19.3. The number of rotatable bonds is 2. The summed E-state index contributed by atoms with van der Waals surface area (Å²) in [6.07, 6.45) is -1.72. The number of alkyl halides is 2. The molecule has 18 heavy (non-hydrogen) atoms. The molecule has 1 aliphatic rings. The Labute approximate surface area is 104 Å². The second kappa shape index (κ2) is 4.18. The molecule has 1 nitrogen and oxygen atoms in total. The molecule has 0 spiro atoms. The Kier molecular flexibility index (Phi) is 2.63. The van der Waals surface area contributed by atoms with Crippen molar-refractivity contribution in [2.75, 3.05) is 0 Å². The minimum absolute atomic E-state index is 0.511. The van der Waals surface area contributed by atoms with Crippen LogP contribution in [0.25, 0.3) is 11.1 Å². The predicted molar refractivity (Wildman–Crippen MR) is 67.6 cm³/mol. The first-order valence-corrected chi connectivity index (χ1v) is 5.91. The summed E-state index contributed by atoms with van der Waals surface area (Å²) in [7, 11) is 0. The summed E-state index contributed by atoms with van der Waals surface area (Å²) >= 11 is 0. The van der Waals surface area contributed by atoms with E-state index < -0.39 is 12.5 Å². The van der Waals surface area contributed by atoms with E-state index in [2.05, 4.69) is 12.1 Å². The van der Waals surface area contributed by atoms with Gasteiger partial charge >= 0.3 is 0 Å². The average Bonchev–Trinajstić information content (AvgIpc) is 2.75. The number of hydrogen-bond donors (Lipinski definition) is 1. The fourth-order valence-corrected chi connectivity index (χ4v) is 2.52. The van der Waals surface area contributed by atoms with E-state index in [4.69, 9.17) is 5.73 Å². The van der Waals surface area contributed by atoms with E-state index >= 15 is 0 Å². The third-order valence-corrected chi connectivity index (χ3v) is 3.47. The second-order valence-corrected chi connectivity index (χ2v) is 4.61. The zero-order valence-electron chi connectivity index (χ0n) is 9.74. The second-order valence-electron chi connectivity index (χ2n) is 4.61. The molecule has 0 radical (unpaired) electrons. The molecule has 0 amide bonds. The van der Waals surface area contributed by atoms with Crippen molar-refractivity contribution in [1.29, 1.82) is 0 Å². The molecule has 1 aliphatic carbocycles. The van der Waals surface area contributed by atoms with Crippen molar-refractivity contribution >= 4 is 0 Å². The minimum atomic E-state index is -2.52. The van der Waals surface area contributed by atoms with Crippen LogP contribution >= 0.6 is 0 Å². The predicted octanol–water partition coefficient (Wildman–Crippen LogP) is 3.52. The van der Waals surface area contributed by atoms with Crippen molar-refractivity contribution < 1.29 is 8.78 Å². The molecule has 0 unspecified atom stereocenters. The Balaban J connectivity index is 2.03. The highest BCUT2D eigenvalue weighted by Gasteiger charge is 2.22. The Morgan fingerprint density at radius 1 is 0.944 bits per heavy atom. The van der Waals surface area contributed by atoms with Gasteiger partial charge in [0, 0.05) is 0 Å². The normalized spacial score (nSPS) is 14.4. The van der Waals surface area contributed by atoms with Crippen LogP contribution in [0.4, 0.5) is 8.78 Å². The van der Waals surface area contributed by atoms with E-state index in [1.165, 1.54) is 11.1 Å². The van der Waals surface area contributed by atoms with Crippen molar-refractivity contribution in [1.82, 2.24) is 0 Å². The van der Waals surface area contributed by atoms with E-state index in [0.717, 1.165) is 17.5 Å². The Morgan fingerprint density at radius 2 is 1.67 bits per heavy atom. The van der Waals surface area contributed by atoms with Crippen LogP contribution in [0.3, 0.4) is 0 Å². The molecule has 0 heterocycles. The first kappa shape index (κ1) is 11.4. The molecule has 0 saturated heterocycles. The molecular formula is C15H13F2N. The fourth-order valence-electron chi connectivity index (χ4n) is 2.52. The SMILES string of the molecule is N[C@@H](c1ccc2c(c1)Cc1ccccc1-2)C(F)F. The lowest BCUT2D eigenvalue weighted by atomic mass is 10.0. The van der Waals surface area contributed by atoms with Gasteiger partial charge in [0.1, 0.15) is 0 Å². The number of benzene rings is 2. The van der Waals surface area contributed by atoms with Crippen LogP contribution in [0.5, 0.6) is 0 Å². The van der Waals surface area contributed by atoms with Gasteiger partial charge in [-0.2, -0.15) is 0 Å². The molecule has 0 saturated carbocycles. The van der Waals surface area contributed by atoms with E-state index in [9.17, 15) is 8.78 Å². The van der Waals surface area contributed by atoms with Crippen molar-refractivity contribution in [3.05, 3.63) is 59.2 Å². The molecular weight excluding hydrogens is 232 g/mol. The van der Waals surface area contributed by atoms with Gasteiger partial charge in [-0.3, -0.25) is 0 Å². The van der Waals surface area contributed by atoms with Gasteiger partial charge in [0.05, 0.1) is 6.04 Å². The Bertz CT molecular complexity index is 593. The summed E-state index contributed by atoms with van der Waals surface area (Å²) in [5.74, 6) is 0. The van der Waals surface area contributed by atoms with Gasteiger partial charge in [0.25, 0.3) is 6.43 Å². The minimum Gasteiger partial charge on any atom is -0.319 e. The third-order valence-electron chi connectivity index (χ3n) is 3.47. The molecule has 3 rings (SSSR count). The van der Waals surface area contributed by atoms with Crippen molar-refractivity contribution in [3.8, 4) is 11.1 Å². The van der Waals surface area contributed by atoms with E-state index in [1.807, 2.05) is 24.3 Å². The monoisotopic (exact) mass is 245 g/mol. The lowest BCUT2D eigenvalue weighted by Crippen LogP contribution is -2.18. The van der Waals surface area contributed by atoms with Gasteiger partial charge in [-0.05, 0) is 34.2 Å². The molecule has 0 aliphatic heterocycles. The molecule has 0 bridgehead atoms. The van der Waals surface area contributed by atoms with Crippen LogP contribution in [0.1, 0.15) is 22.7 Å². The maximum absolute atomic E-state index is 12.6. The molecule has 2 N–H and O–H groups in total. The summed E-state index contributed by atoms with van der Waals surface area (Å²) in [5.41, 5.74) is 10.7. The highest BCUT2D eigenvalue weighted by molar-refractivity contribution is 5.76. The smallest absolute Gasteiger partial charge is 0.257 e. The summed E-state index contributed by atoms with van der Waals surface area (Å²) in [5, 5.41) is 0. The molecule has 0 fully saturated rings. The number of nitrogens with two attached hydrogens (primary N) is 1. The number of hydrogen-bond acceptors (Lipinski definition) is 1. The summed E-state index contributed by atoms with van der Waals surface area (Å²) in [6, 6.07) is 12.3. The van der Waals surface area contributed by atoms with Gasteiger partial charge in [-0.25, -0.2) is 8.78 Å². The first-order valence-electron chi connectivity index (χ1n) is 5.91. The van der Waals surface area contributed by atoms with E-state index in [-0.39, 0.29) is 0 Å². The average molecular weight is 245 g/mol. The largest absolute Gasteiger partial charge is 0.319 e. The Hall–Kier alpha value is -1.74. The van der Waals surface area contributed by atoms with Gasteiger partial charge in [0.15, 0.2) is 0 Å². The molecule has 2 aromatic rings. The van der Waals surface area contributed by atoms with Crippen LogP contribution in [0, 0.1) is 0 Å². The maximum Gasteiger partial charge on any atom is 0.257 e. The van der Waals surface area contributed by atoms with Crippen molar-refractivity contribution in [2.24, 2.45) is 5.73 Å². The lowest BCUT2D eigenvalue weighted by Gasteiger charge is -2.12. The lowest BCUT2D eigenvalue weighted by molar-refractivity contribution is 0.116. The van der Waals surface area contributed by atoms with E-state index in [1.54, 1.807) is 6.07 Å². The quantitative estimate of drug-likeness (QED) is 0.734. The molecule has 2 aromatic carbocycles. The third kappa shape index (κ3) is 1.71. The number of fused-ring (bicyclic) bond motifs is 3. The van der Waals surface area contributed by atoms with Gasteiger partial charge in [-0.1, -0.05) is 42.5 Å². The first-order chi connectivity index (χ1) is 8.66. The standard InChI is InChI=1S/C15H13F2N/c16-15(17)14(18)10-5-6-13-11(8-10)7-9-3-1-2-4-12(9)13/h1-6,8,14-15H,7,18H2/t14-/m0/s1. The van der Waals surface area contributed by atoms with Gasteiger partial charge in [-0.15, -0.1) is 0 Å². The maximum atomic E-state index is 12.6. The van der Waals surface area contributed by atoms with Crippen LogP contribution in [-0.4, -0.2) is 6.43 Å². The summed E-state index contributed by atoms with van der Waals surface area (Å²) in [4.78, 5) is 0. The topological polar surface area (TPSA) is 26.0 Å². The zero-order chi connectivity index (χ0) is 12.7. The summed E-state index contributed by atoms with van der Waals surface area (Å²) < 4.78 is 25.2. The molecule has 1 atom stereocenters. The van der Waals surface area contributed by atoms with Crippen LogP contribution in [-0.2, 0) is 6.42 Å². The van der Waals surface area contributed by atoms with Crippen LogP contribution in [0.2, 0.25) is 0 Å². The number of halogens is 2. The van der Waals surface area contributed by atoms with Gasteiger partial charge in [0.2, 0.25) is 0 Å². The molecule has 0 aromatic heterocycles. The molecule has 3 heteroatoms. The van der Waals surface area contributed by atoms with Gasteiger partial charge < -0.3 is 5.73 Å². The van der Waals surface area contributed by atoms with Crippen molar-refractivity contribution in [3.63, 3.8) is 0 Å². The van der Waals surface area contributed by atoms with Crippen LogP contribution in [0.15, 0.2) is 42.5 Å².